The molecule has 1 unspecified atom stereocenters. The van der Waals surface area contributed by atoms with Crippen LogP contribution in [0.1, 0.15) is 24.0 Å². The highest BCUT2D eigenvalue weighted by atomic mass is 35.5. The summed E-state index contributed by atoms with van der Waals surface area (Å²) in [6.45, 7) is 9.76. The average molecular weight is 468 g/mol. The first-order valence-electron chi connectivity index (χ1n) is 11.5. The van der Waals surface area contributed by atoms with E-state index >= 15 is 0 Å². The first-order valence-corrected chi connectivity index (χ1v) is 11.9. The van der Waals surface area contributed by atoms with Crippen molar-refractivity contribution in [2.24, 2.45) is 5.73 Å². The number of benzene rings is 1. The van der Waals surface area contributed by atoms with Crippen LogP contribution in [0.15, 0.2) is 61.1 Å². The summed E-state index contributed by atoms with van der Waals surface area (Å²) < 4.78 is 6.30. The molecule has 0 radical (unpaired) electrons. The van der Waals surface area contributed by atoms with Gasteiger partial charge in [0.2, 0.25) is 0 Å². The molecule has 2 fully saturated rings. The van der Waals surface area contributed by atoms with Gasteiger partial charge in [-0.15, -0.1) is 0 Å². The van der Waals surface area contributed by atoms with Crippen molar-refractivity contribution in [1.82, 2.24) is 19.7 Å². The van der Waals surface area contributed by atoms with E-state index in [2.05, 4.69) is 40.4 Å². The van der Waals surface area contributed by atoms with Crippen LogP contribution in [0.4, 0.5) is 0 Å². The zero-order valence-electron chi connectivity index (χ0n) is 19.6. The summed E-state index contributed by atoms with van der Waals surface area (Å²) in [7, 11) is 4.24. The summed E-state index contributed by atoms with van der Waals surface area (Å²) in [5, 5.41) is 0.688. The van der Waals surface area contributed by atoms with Crippen LogP contribution in [0, 0.1) is 0 Å². The number of rotatable bonds is 6. The Hall–Kier alpha value is -2.54. The molecule has 3 heterocycles. The number of halogens is 1. The highest BCUT2D eigenvalue weighted by molar-refractivity contribution is 6.30. The molecule has 0 saturated carbocycles. The van der Waals surface area contributed by atoms with Gasteiger partial charge in [-0.25, -0.2) is 0 Å². The standard InChI is InChI=1S/C26H34ClN5O/c1-20(32-14-4-11-26(19-32)18-30(2)15-16-33-26)17-31(3)25(22-9-12-29-13-10-22)24(28)21-5-7-23(27)8-6-21/h5-10,12-13H,1,4,11,14-19,28H2,2-3H3/b25-24-. The van der Waals surface area contributed by atoms with Crippen LogP contribution in [0.3, 0.4) is 0 Å². The van der Waals surface area contributed by atoms with Gasteiger partial charge in [0.1, 0.15) is 0 Å². The Morgan fingerprint density at radius 2 is 1.88 bits per heavy atom. The first-order chi connectivity index (χ1) is 15.9. The van der Waals surface area contributed by atoms with Gasteiger partial charge in [0.05, 0.1) is 30.1 Å². The molecule has 2 saturated heterocycles. The Balaban J connectivity index is 1.55. The minimum absolute atomic E-state index is 0.0983. The highest BCUT2D eigenvalue weighted by Crippen LogP contribution is 2.31. The Kier molecular flexibility index (Phi) is 7.27. The number of hydrogen-bond donors (Lipinski definition) is 1. The van der Waals surface area contributed by atoms with E-state index in [9.17, 15) is 0 Å². The van der Waals surface area contributed by atoms with Crippen molar-refractivity contribution in [3.05, 3.63) is 77.2 Å². The summed E-state index contributed by atoms with van der Waals surface area (Å²) in [5.41, 5.74) is 11.3. The molecule has 2 N–H and O–H groups in total. The Morgan fingerprint density at radius 3 is 2.58 bits per heavy atom. The molecule has 0 aliphatic carbocycles. The molecule has 1 atom stereocenters. The third-order valence-electron chi connectivity index (χ3n) is 6.59. The summed E-state index contributed by atoms with van der Waals surface area (Å²) in [6, 6.07) is 11.6. The lowest BCUT2D eigenvalue weighted by Crippen LogP contribution is -2.59. The number of nitrogens with zero attached hydrogens (tertiary/aromatic N) is 4. The van der Waals surface area contributed by atoms with Crippen molar-refractivity contribution in [2.75, 3.05) is 53.4 Å². The van der Waals surface area contributed by atoms with Gasteiger partial charge in [-0.1, -0.05) is 30.3 Å². The number of pyridine rings is 1. The fourth-order valence-electron chi connectivity index (χ4n) is 4.96. The van der Waals surface area contributed by atoms with E-state index < -0.39 is 0 Å². The van der Waals surface area contributed by atoms with Gasteiger partial charge >= 0.3 is 0 Å². The van der Waals surface area contributed by atoms with Crippen LogP contribution in [0.25, 0.3) is 11.4 Å². The van der Waals surface area contributed by atoms with Crippen LogP contribution in [0.5, 0.6) is 0 Å². The van der Waals surface area contributed by atoms with Crippen LogP contribution in [-0.4, -0.2) is 78.7 Å². The molecule has 4 rings (SSSR count). The third kappa shape index (κ3) is 5.52. The number of aromatic nitrogens is 1. The Bertz CT molecular complexity index is 990. The van der Waals surface area contributed by atoms with Gasteiger partial charge in [0, 0.05) is 61.9 Å². The quantitative estimate of drug-likeness (QED) is 0.698. The second-order valence-corrected chi connectivity index (χ2v) is 9.66. The molecule has 6 nitrogen and oxygen atoms in total. The van der Waals surface area contributed by atoms with Crippen molar-refractivity contribution in [3.63, 3.8) is 0 Å². The fraction of sp³-hybridized carbons (Fsp3) is 0.423. The number of likely N-dealkylation sites (tertiary alicyclic amines) is 1. The van der Waals surface area contributed by atoms with Gasteiger partial charge in [0.25, 0.3) is 0 Å². The van der Waals surface area contributed by atoms with E-state index in [1.165, 1.54) is 0 Å². The highest BCUT2D eigenvalue weighted by Gasteiger charge is 2.40. The number of ether oxygens (including phenoxy) is 1. The Morgan fingerprint density at radius 1 is 1.15 bits per heavy atom. The van der Waals surface area contributed by atoms with E-state index in [0.717, 1.165) is 68.1 Å². The van der Waals surface area contributed by atoms with E-state index in [0.29, 0.717) is 17.3 Å². The molecular weight excluding hydrogens is 434 g/mol. The smallest absolute Gasteiger partial charge is 0.0983 e. The van der Waals surface area contributed by atoms with Gasteiger partial charge in [0.15, 0.2) is 0 Å². The molecule has 0 bridgehead atoms. The third-order valence-corrected chi connectivity index (χ3v) is 6.84. The largest absolute Gasteiger partial charge is 0.397 e. The maximum Gasteiger partial charge on any atom is 0.0983 e. The molecule has 1 aromatic carbocycles. The monoisotopic (exact) mass is 467 g/mol. The van der Waals surface area contributed by atoms with E-state index in [1.54, 1.807) is 12.4 Å². The summed E-state index contributed by atoms with van der Waals surface area (Å²) >= 11 is 6.10. The van der Waals surface area contributed by atoms with Crippen LogP contribution in [0.2, 0.25) is 5.02 Å². The minimum Gasteiger partial charge on any atom is -0.397 e. The SMILES string of the molecule is C=C(CN(C)/C(=C(\N)c1ccc(Cl)cc1)c1ccncc1)N1CCCC2(CN(C)CCO2)C1. The van der Waals surface area contributed by atoms with Gasteiger partial charge in [-0.3, -0.25) is 4.98 Å². The predicted octanol–water partition coefficient (Wildman–Crippen LogP) is 3.76. The van der Waals surface area contributed by atoms with Crippen molar-refractivity contribution < 1.29 is 4.74 Å². The second kappa shape index (κ2) is 10.2. The molecule has 1 aromatic heterocycles. The summed E-state index contributed by atoms with van der Waals surface area (Å²) in [4.78, 5) is 11.1. The molecule has 2 aliphatic heterocycles. The maximum absolute atomic E-state index is 6.71. The number of hydrogen-bond acceptors (Lipinski definition) is 6. The normalized spacial score (nSPS) is 22.2. The van der Waals surface area contributed by atoms with E-state index in [4.69, 9.17) is 22.1 Å². The van der Waals surface area contributed by atoms with Crippen molar-refractivity contribution >= 4 is 23.0 Å². The number of piperidine rings is 1. The lowest BCUT2D eigenvalue weighted by Gasteiger charge is -2.48. The van der Waals surface area contributed by atoms with Gasteiger partial charge in [-0.05, 0) is 49.7 Å². The summed E-state index contributed by atoms with van der Waals surface area (Å²) in [5.74, 6) is 0. The second-order valence-electron chi connectivity index (χ2n) is 9.22. The van der Waals surface area contributed by atoms with E-state index in [1.807, 2.05) is 36.4 Å². The predicted molar refractivity (Wildman–Crippen MR) is 135 cm³/mol. The van der Waals surface area contributed by atoms with Crippen LogP contribution < -0.4 is 5.73 Å². The molecule has 33 heavy (non-hydrogen) atoms. The lowest BCUT2D eigenvalue weighted by atomic mass is 9.90. The molecule has 2 aromatic rings. The zero-order valence-corrected chi connectivity index (χ0v) is 20.4. The van der Waals surface area contributed by atoms with Crippen LogP contribution in [-0.2, 0) is 4.74 Å². The van der Waals surface area contributed by atoms with Crippen molar-refractivity contribution in [2.45, 2.75) is 18.4 Å². The van der Waals surface area contributed by atoms with E-state index in [-0.39, 0.29) is 5.60 Å². The fourth-order valence-corrected chi connectivity index (χ4v) is 5.09. The number of nitrogens with two attached hydrogens (primary N) is 1. The van der Waals surface area contributed by atoms with Gasteiger partial charge in [-0.2, -0.15) is 0 Å². The van der Waals surface area contributed by atoms with Crippen molar-refractivity contribution in [1.29, 1.82) is 0 Å². The molecule has 1 spiro atoms. The van der Waals surface area contributed by atoms with Gasteiger partial charge < -0.3 is 25.2 Å². The average Bonchev–Trinajstić information content (AvgIpc) is 2.80. The molecule has 7 heteroatoms. The Labute approximate surface area is 202 Å². The molecular formula is C26H34ClN5O. The first kappa shape index (κ1) is 23.6. The molecule has 176 valence electrons. The lowest BCUT2D eigenvalue weighted by molar-refractivity contribution is -0.131. The number of morpholine rings is 1. The molecule has 2 aliphatic rings. The van der Waals surface area contributed by atoms with Crippen LogP contribution >= 0.6 is 11.6 Å². The maximum atomic E-state index is 6.71. The number of likely N-dealkylation sites (N-methyl/N-ethyl adjacent to an activating group) is 2. The minimum atomic E-state index is -0.0983. The summed E-state index contributed by atoms with van der Waals surface area (Å²) in [6.07, 6.45) is 5.79. The topological polar surface area (TPSA) is 57.9 Å². The molecule has 0 amide bonds. The zero-order chi connectivity index (χ0) is 23.4. The van der Waals surface area contributed by atoms with Crippen molar-refractivity contribution in [3.8, 4) is 0 Å².